The molecule has 2 aromatic carbocycles. The second kappa shape index (κ2) is 8.56. The molecular weight excluding hydrogens is 360 g/mol. The third-order valence-electron chi connectivity index (χ3n) is 4.17. The van der Waals surface area contributed by atoms with Crippen LogP contribution < -0.4 is 10.7 Å². The number of halogens is 1. The number of aromatic nitrogens is 1. The third-order valence-corrected chi connectivity index (χ3v) is 4.43. The van der Waals surface area contributed by atoms with Gasteiger partial charge in [0.1, 0.15) is 0 Å². The van der Waals surface area contributed by atoms with Crippen LogP contribution >= 0.6 is 11.6 Å². The lowest BCUT2D eigenvalue weighted by Gasteiger charge is -2.09. The van der Waals surface area contributed by atoms with E-state index >= 15 is 0 Å². The zero-order valence-electron chi connectivity index (χ0n) is 15.2. The summed E-state index contributed by atoms with van der Waals surface area (Å²) in [5.74, 6) is -0.224. The van der Waals surface area contributed by atoms with E-state index < -0.39 is 0 Å². The minimum atomic E-state index is -0.224. The van der Waals surface area contributed by atoms with Crippen LogP contribution in [0.5, 0.6) is 0 Å². The van der Waals surface area contributed by atoms with E-state index in [4.69, 9.17) is 11.6 Å². The van der Waals surface area contributed by atoms with Crippen LogP contribution in [0, 0.1) is 13.8 Å². The number of para-hydroxylation sites is 1. The highest BCUT2D eigenvalue weighted by atomic mass is 35.5. The summed E-state index contributed by atoms with van der Waals surface area (Å²) < 4.78 is 2.16. The van der Waals surface area contributed by atoms with Crippen LogP contribution in [-0.2, 0) is 4.79 Å². The Morgan fingerprint density at radius 3 is 2.52 bits per heavy atom. The van der Waals surface area contributed by atoms with E-state index in [1.54, 1.807) is 18.3 Å². The van der Waals surface area contributed by atoms with Crippen LogP contribution in [0.3, 0.4) is 0 Å². The molecule has 1 amide bonds. The minimum absolute atomic E-state index is 0.127. The standard InChI is InChI=1S/C21H21ClN4O/c1-15-12-17(16(2)26(15)20-6-4-3-5-7-20)13-24-25-21(27)14-23-19-10-8-18(22)9-11-19/h3-13,23H,14H2,1-2H3,(H,25,27)/b24-13-. The molecule has 0 spiro atoms. The molecule has 27 heavy (non-hydrogen) atoms. The van der Waals surface area contributed by atoms with Gasteiger partial charge in [-0.15, -0.1) is 0 Å². The quantitative estimate of drug-likeness (QED) is 0.494. The summed E-state index contributed by atoms with van der Waals surface area (Å²) >= 11 is 5.84. The van der Waals surface area contributed by atoms with E-state index in [9.17, 15) is 4.79 Å². The molecule has 6 heteroatoms. The molecule has 0 unspecified atom stereocenters. The number of nitrogens with one attached hydrogen (secondary N) is 2. The summed E-state index contributed by atoms with van der Waals surface area (Å²) in [7, 11) is 0. The zero-order chi connectivity index (χ0) is 19.2. The van der Waals surface area contributed by atoms with Gasteiger partial charge in [-0.1, -0.05) is 29.8 Å². The average molecular weight is 381 g/mol. The number of amides is 1. The van der Waals surface area contributed by atoms with E-state index in [1.165, 1.54) is 0 Å². The summed E-state index contributed by atoms with van der Waals surface area (Å²) in [4.78, 5) is 11.9. The second-order valence-corrected chi connectivity index (χ2v) is 6.59. The fourth-order valence-corrected chi connectivity index (χ4v) is 2.98. The molecule has 5 nitrogen and oxygen atoms in total. The first-order valence-corrected chi connectivity index (χ1v) is 8.98. The Balaban J connectivity index is 1.60. The molecule has 0 aliphatic rings. The molecule has 2 N–H and O–H groups in total. The van der Waals surface area contributed by atoms with E-state index in [0.29, 0.717) is 5.02 Å². The Labute approximate surface area is 163 Å². The summed E-state index contributed by atoms with van der Waals surface area (Å²) in [6, 6.07) is 19.3. The van der Waals surface area contributed by atoms with Crippen molar-refractivity contribution in [3.05, 3.63) is 82.6 Å². The summed E-state index contributed by atoms with van der Waals surface area (Å²) in [5.41, 5.74) is 7.60. The molecule has 0 saturated carbocycles. The molecule has 0 aliphatic heterocycles. The Hall–Kier alpha value is -3.05. The highest BCUT2D eigenvalue weighted by Gasteiger charge is 2.09. The molecule has 138 valence electrons. The molecule has 1 heterocycles. The van der Waals surface area contributed by atoms with Gasteiger partial charge >= 0.3 is 0 Å². The van der Waals surface area contributed by atoms with Crippen molar-refractivity contribution in [2.45, 2.75) is 13.8 Å². The average Bonchev–Trinajstić information content (AvgIpc) is 2.95. The smallest absolute Gasteiger partial charge is 0.259 e. The summed E-state index contributed by atoms with van der Waals surface area (Å²) in [5, 5.41) is 7.75. The molecule has 0 fully saturated rings. The van der Waals surface area contributed by atoms with Gasteiger partial charge < -0.3 is 9.88 Å². The maximum Gasteiger partial charge on any atom is 0.259 e. The van der Waals surface area contributed by atoms with Gasteiger partial charge in [0.2, 0.25) is 0 Å². The van der Waals surface area contributed by atoms with E-state index in [0.717, 1.165) is 28.3 Å². The van der Waals surface area contributed by atoms with Gasteiger partial charge in [0.05, 0.1) is 12.8 Å². The molecule has 0 aliphatic carbocycles. The van der Waals surface area contributed by atoms with Crippen LogP contribution in [0.25, 0.3) is 5.69 Å². The summed E-state index contributed by atoms with van der Waals surface area (Å²) in [6.07, 6.45) is 1.67. The van der Waals surface area contributed by atoms with Crippen LogP contribution in [-0.4, -0.2) is 23.2 Å². The first-order chi connectivity index (χ1) is 13.0. The molecular formula is C21H21ClN4O. The number of benzene rings is 2. The number of nitrogens with zero attached hydrogens (tertiary/aromatic N) is 2. The van der Waals surface area contributed by atoms with Gasteiger partial charge in [-0.25, -0.2) is 5.43 Å². The number of hydrazone groups is 1. The van der Waals surface area contributed by atoms with Crippen molar-refractivity contribution in [1.29, 1.82) is 0 Å². The minimum Gasteiger partial charge on any atom is -0.376 e. The largest absolute Gasteiger partial charge is 0.376 e. The number of anilines is 1. The van der Waals surface area contributed by atoms with Crippen LogP contribution in [0.15, 0.2) is 65.8 Å². The Kier molecular flexibility index (Phi) is 5.94. The SMILES string of the molecule is Cc1cc(/C=N\NC(=O)CNc2ccc(Cl)cc2)c(C)n1-c1ccccc1. The van der Waals surface area contributed by atoms with Gasteiger partial charge in [-0.05, 0) is 56.3 Å². The fraction of sp³-hybridized carbons (Fsp3) is 0.143. The lowest BCUT2D eigenvalue weighted by molar-refractivity contribution is -0.119. The number of hydrogen-bond donors (Lipinski definition) is 2. The van der Waals surface area contributed by atoms with Crippen LogP contribution in [0.4, 0.5) is 5.69 Å². The summed E-state index contributed by atoms with van der Waals surface area (Å²) in [6.45, 7) is 4.21. The van der Waals surface area contributed by atoms with Crippen molar-refractivity contribution >= 4 is 29.4 Å². The number of carbonyl (C=O) groups excluding carboxylic acids is 1. The highest BCUT2D eigenvalue weighted by Crippen LogP contribution is 2.19. The predicted octanol–water partition coefficient (Wildman–Crippen LogP) is 4.31. The topological polar surface area (TPSA) is 58.4 Å². The first kappa shape index (κ1) is 18.7. The number of carbonyl (C=O) groups is 1. The van der Waals surface area contributed by atoms with E-state index in [-0.39, 0.29) is 12.5 Å². The van der Waals surface area contributed by atoms with E-state index in [1.807, 2.05) is 50.2 Å². The molecule has 0 saturated heterocycles. The normalized spacial score (nSPS) is 10.9. The number of rotatable bonds is 6. The molecule has 0 atom stereocenters. The Morgan fingerprint density at radius 2 is 1.81 bits per heavy atom. The molecule has 0 radical (unpaired) electrons. The molecule has 1 aromatic heterocycles. The monoisotopic (exact) mass is 380 g/mol. The van der Waals surface area contributed by atoms with Crippen molar-refractivity contribution in [3.8, 4) is 5.69 Å². The first-order valence-electron chi connectivity index (χ1n) is 8.60. The van der Waals surface area contributed by atoms with Gasteiger partial charge in [0, 0.05) is 33.3 Å². The van der Waals surface area contributed by atoms with Gasteiger partial charge in [0.15, 0.2) is 0 Å². The lowest BCUT2D eigenvalue weighted by atomic mass is 10.2. The van der Waals surface area contributed by atoms with Crippen molar-refractivity contribution in [2.24, 2.45) is 5.10 Å². The van der Waals surface area contributed by atoms with Crippen molar-refractivity contribution in [1.82, 2.24) is 9.99 Å². The lowest BCUT2D eigenvalue weighted by Crippen LogP contribution is -2.25. The zero-order valence-corrected chi connectivity index (χ0v) is 16.0. The van der Waals surface area contributed by atoms with Crippen LogP contribution in [0.1, 0.15) is 17.0 Å². The van der Waals surface area contributed by atoms with Gasteiger partial charge in [-0.3, -0.25) is 4.79 Å². The van der Waals surface area contributed by atoms with Crippen molar-refractivity contribution in [3.63, 3.8) is 0 Å². The van der Waals surface area contributed by atoms with Gasteiger partial charge in [0.25, 0.3) is 5.91 Å². The highest BCUT2D eigenvalue weighted by molar-refractivity contribution is 6.30. The third kappa shape index (κ3) is 4.77. The van der Waals surface area contributed by atoms with Crippen LogP contribution in [0.2, 0.25) is 5.02 Å². The number of hydrogen-bond acceptors (Lipinski definition) is 3. The van der Waals surface area contributed by atoms with Crippen molar-refractivity contribution < 1.29 is 4.79 Å². The number of aryl methyl sites for hydroxylation is 1. The second-order valence-electron chi connectivity index (χ2n) is 6.15. The Bertz CT molecular complexity index is 946. The van der Waals surface area contributed by atoms with E-state index in [2.05, 4.69) is 32.5 Å². The fourth-order valence-electron chi connectivity index (χ4n) is 2.86. The van der Waals surface area contributed by atoms with Gasteiger partial charge in [-0.2, -0.15) is 5.10 Å². The van der Waals surface area contributed by atoms with Crippen molar-refractivity contribution in [2.75, 3.05) is 11.9 Å². The maximum absolute atomic E-state index is 11.9. The molecule has 3 rings (SSSR count). The molecule has 0 bridgehead atoms. The Morgan fingerprint density at radius 1 is 1.11 bits per heavy atom. The maximum atomic E-state index is 11.9. The molecule has 3 aromatic rings. The predicted molar refractivity (Wildman–Crippen MR) is 111 cm³/mol.